The summed E-state index contributed by atoms with van der Waals surface area (Å²) in [6.07, 6.45) is -0.789. The fraction of sp³-hybridized carbons (Fsp3) is 0.105. The Morgan fingerprint density at radius 3 is 2.54 bits per heavy atom. The van der Waals surface area contributed by atoms with Crippen molar-refractivity contribution >= 4 is 23.4 Å². The summed E-state index contributed by atoms with van der Waals surface area (Å²) >= 11 is 5.55. The normalized spacial score (nSPS) is 11.1. The molecule has 1 aromatic heterocycles. The molecular weight excluding hydrogens is 395 g/mol. The van der Waals surface area contributed by atoms with Crippen LogP contribution in [0.4, 0.5) is 23.7 Å². The predicted molar refractivity (Wildman–Crippen MR) is 97.7 cm³/mol. The van der Waals surface area contributed by atoms with Gasteiger partial charge in [0.1, 0.15) is 12.9 Å². The van der Waals surface area contributed by atoms with Gasteiger partial charge in [-0.3, -0.25) is 5.32 Å². The second-order valence-electron chi connectivity index (χ2n) is 5.72. The van der Waals surface area contributed by atoms with E-state index < -0.39 is 22.9 Å². The third-order valence-electron chi connectivity index (χ3n) is 3.71. The third-order valence-corrected chi connectivity index (χ3v) is 4.04. The van der Waals surface area contributed by atoms with Gasteiger partial charge in [-0.25, -0.2) is 14.8 Å². The maximum Gasteiger partial charge on any atom is 0.417 e. The number of alkyl halides is 3. The summed E-state index contributed by atoms with van der Waals surface area (Å²) in [4.78, 5) is 19.8. The topological polar surface area (TPSA) is 64.1 Å². The van der Waals surface area contributed by atoms with E-state index in [4.69, 9.17) is 16.3 Å². The molecule has 5 nitrogen and oxygen atoms in total. The molecule has 0 spiro atoms. The van der Waals surface area contributed by atoms with Gasteiger partial charge in [0, 0.05) is 23.6 Å². The highest BCUT2D eigenvalue weighted by Gasteiger charge is 2.33. The fourth-order valence-corrected chi connectivity index (χ4v) is 2.64. The second kappa shape index (κ2) is 8.26. The van der Waals surface area contributed by atoms with Crippen molar-refractivity contribution < 1.29 is 22.7 Å². The lowest BCUT2D eigenvalue weighted by Gasteiger charge is -2.12. The summed E-state index contributed by atoms with van der Waals surface area (Å²) in [7, 11) is 0. The number of amides is 1. The van der Waals surface area contributed by atoms with E-state index in [1.54, 1.807) is 30.6 Å². The Bertz CT molecular complexity index is 982. The van der Waals surface area contributed by atoms with Crippen LogP contribution in [-0.2, 0) is 17.5 Å². The minimum atomic E-state index is -4.62. The van der Waals surface area contributed by atoms with E-state index >= 15 is 0 Å². The van der Waals surface area contributed by atoms with E-state index in [2.05, 4.69) is 15.3 Å². The molecule has 1 heterocycles. The minimum absolute atomic E-state index is 0.0624. The second-order valence-corrected chi connectivity index (χ2v) is 6.13. The largest absolute Gasteiger partial charge is 0.444 e. The van der Waals surface area contributed by atoms with E-state index in [1.165, 1.54) is 12.4 Å². The first-order valence-corrected chi connectivity index (χ1v) is 8.35. The summed E-state index contributed by atoms with van der Waals surface area (Å²) in [6.45, 7) is -0.0624. The van der Waals surface area contributed by atoms with E-state index in [0.29, 0.717) is 5.56 Å². The van der Waals surface area contributed by atoms with Gasteiger partial charge in [0.15, 0.2) is 0 Å². The zero-order valence-corrected chi connectivity index (χ0v) is 15.0. The number of carbonyl (C=O) groups excluding carboxylic acids is 1. The number of anilines is 1. The molecule has 2 aromatic carbocycles. The van der Waals surface area contributed by atoms with Crippen molar-refractivity contribution in [2.45, 2.75) is 12.8 Å². The lowest BCUT2D eigenvalue weighted by molar-refractivity contribution is -0.137. The molecule has 3 aromatic rings. The summed E-state index contributed by atoms with van der Waals surface area (Å²) in [5.74, 6) is 0. The first-order chi connectivity index (χ1) is 13.3. The number of aromatic nitrogens is 2. The number of halogens is 4. The van der Waals surface area contributed by atoms with Gasteiger partial charge in [-0.1, -0.05) is 29.8 Å². The Balaban J connectivity index is 1.64. The molecule has 9 heteroatoms. The van der Waals surface area contributed by atoms with E-state index in [9.17, 15) is 18.0 Å². The van der Waals surface area contributed by atoms with E-state index in [-0.39, 0.29) is 12.3 Å². The van der Waals surface area contributed by atoms with Gasteiger partial charge in [-0.05, 0) is 35.4 Å². The Morgan fingerprint density at radius 2 is 1.82 bits per heavy atom. The molecule has 0 aliphatic rings. The molecule has 0 saturated carbocycles. The number of nitrogens with one attached hydrogen (secondary N) is 1. The standard InChI is InChI=1S/C19H13ClF3N3O2/c20-17-5-4-15(7-16(17)19(21,22)23)26-18(27)28-10-12-2-1-3-13(6-12)14-8-24-11-25-9-14/h1-9,11H,10H2,(H,26,27). The van der Waals surface area contributed by atoms with Crippen LogP contribution >= 0.6 is 11.6 Å². The van der Waals surface area contributed by atoms with Crippen LogP contribution in [0.1, 0.15) is 11.1 Å². The SMILES string of the molecule is O=C(Nc1ccc(Cl)c(C(F)(F)F)c1)OCc1cccc(-c2cncnc2)c1. The van der Waals surface area contributed by atoms with Crippen molar-refractivity contribution in [1.29, 1.82) is 0 Å². The molecule has 0 radical (unpaired) electrons. The van der Waals surface area contributed by atoms with Gasteiger partial charge >= 0.3 is 12.3 Å². The monoisotopic (exact) mass is 407 g/mol. The summed E-state index contributed by atoms with van der Waals surface area (Å²) in [5, 5.41) is 1.81. The average Bonchev–Trinajstić information content (AvgIpc) is 2.68. The third kappa shape index (κ3) is 4.98. The number of hydrogen-bond acceptors (Lipinski definition) is 4. The van der Waals surface area contributed by atoms with Crippen LogP contribution in [0.25, 0.3) is 11.1 Å². The number of carbonyl (C=O) groups is 1. The van der Waals surface area contributed by atoms with Crippen LogP contribution in [-0.4, -0.2) is 16.1 Å². The lowest BCUT2D eigenvalue weighted by atomic mass is 10.1. The summed E-state index contributed by atoms with van der Waals surface area (Å²) in [6, 6.07) is 10.3. The zero-order chi connectivity index (χ0) is 20.1. The molecule has 28 heavy (non-hydrogen) atoms. The number of benzene rings is 2. The van der Waals surface area contributed by atoms with Crippen molar-refractivity contribution in [3.8, 4) is 11.1 Å². The van der Waals surface area contributed by atoms with Crippen LogP contribution < -0.4 is 5.32 Å². The van der Waals surface area contributed by atoms with Crippen molar-refractivity contribution in [3.63, 3.8) is 0 Å². The summed E-state index contributed by atoms with van der Waals surface area (Å²) in [5.41, 5.74) is 1.23. The van der Waals surface area contributed by atoms with Crippen molar-refractivity contribution in [2.75, 3.05) is 5.32 Å². The summed E-state index contributed by atoms with van der Waals surface area (Å²) < 4.78 is 43.7. The van der Waals surface area contributed by atoms with Crippen molar-refractivity contribution in [2.24, 2.45) is 0 Å². The quantitative estimate of drug-likeness (QED) is 0.614. The highest BCUT2D eigenvalue weighted by molar-refractivity contribution is 6.31. The molecule has 0 saturated heterocycles. The van der Waals surface area contributed by atoms with Gasteiger partial charge in [0.25, 0.3) is 0 Å². The van der Waals surface area contributed by atoms with Crippen LogP contribution in [0, 0.1) is 0 Å². The molecule has 144 valence electrons. The van der Waals surface area contributed by atoms with Gasteiger partial charge in [0.05, 0.1) is 10.6 Å². The Labute approximate surface area is 163 Å². The Morgan fingerprint density at radius 1 is 1.07 bits per heavy atom. The predicted octanol–water partition coefficient (Wildman–Crippen LogP) is 5.56. The molecule has 0 atom stereocenters. The van der Waals surface area contributed by atoms with Gasteiger partial charge in [-0.15, -0.1) is 0 Å². The maximum atomic E-state index is 12.9. The number of nitrogens with zero attached hydrogens (tertiary/aromatic N) is 2. The molecule has 1 amide bonds. The van der Waals surface area contributed by atoms with Crippen LogP contribution in [0.15, 0.2) is 61.2 Å². The van der Waals surface area contributed by atoms with Crippen molar-refractivity contribution in [3.05, 3.63) is 77.3 Å². The highest BCUT2D eigenvalue weighted by Crippen LogP contribution is 2.36. The molecule has 0 fully saturated rings. The number of ether oxygens (including phenoxy) is 1. The van der Waals surface area contributed by atoms with Gasteiger partial charge in [-0.2, -0.15) is 13.2 Å². The Hall–Kier alpha value is -3.13. The van der Waals surface area contributed by atoms with Gasteiger partial charge in [0.2, 0.25) is 0 Å². The highest BCUT2D eigenvalue weighted by atomic mass is 35.5. The van der Waals surface area contributed by atoms with Crippen LogP contribution in [0.5, 0.6) is 0 Å². The molecule has 3 rings (SSSR count). The molecule has 0 aliphatic heterocycles. The fourth-order valence-electron chi connectivity index (χ4n) is 2.41. The van der Waals surface area contributed by atoms with E-state index in [1.807, 2.05) is 6.07 Å². The smallest absolute Gasteiger partial charge is 0.417 e. The molecule has 1 N–H and O–H groups in total. The van der Waals surface area contributed by atoms with Crippen molar-refractivity contribution in [1.82, 2.24) is 9.97 Å². The van der Waals surface area contributed by atoms with Gasteiger partial charge < -0.3 is 4.74 Å². The van der Waals surface area contributed by atoms with Crippen LogP contribution in [0.3, 0.4) is 0 Å². The average molecular weight is 408 g/mol. The minimum Gasteiger partial charge on any atom is -0.444 e. The maximum absolute atomic E-state index is 12.9. The van der Waals surface area contributed by atoms with Crippen LogP contribution in [0.2, 0.25) is 5.02 Å². The zero-order valence-electron chi connectivity index (χ0n) is 14.2. The molecule has 0 unspecified atom stereocenters. The lowest BCUT2D eigenvalue weighted by Crippen LogP contribution is -2.14. The van der Waals surface area contributed by atoms with E-state index in [0.717, 1.165) is 23.3 Å². The number of hydrogen-bond donors (Lipinski definition) is 1. The molecule has 0 aliphatic carbocycles. The Kier molecular flexibility index (Phi) is 5.79. The first-order valence-electron chi connectivity index (χ1n) is 7.98. The first kappa shape index (κ1) is 19.6. The number of rotatable bonds is 4. The molecular formula is C19H13ClF3N3O2. The molecule has 0 bridgehead atoms.